The Kier molecular flexibility index (Phi) is 6.63. The molecule has 3 aromatic carbocycles. The number of carbonyl (C=O) groups is 1. The van der Waals surface area contributed by atoms with E-state index in [1.807, 2.05) is 84.6 Å². The molecule has 0 aliphatic carbocycles. The van der Waals surface area contributed by atoms with E-state index in [0.717, 1.165) is 51.2 Å². The van der Waals surface area contributed by atoms with E-state index in [1.54, 1.807) is 13.3 Å². The molecule has 0 atom stereocenters. The lowest BCUT2D eigenvalue weighted by Gasteiger charge is -2.23. The molecule has 6 nitrogen and oxygen atoms in total. The smallest absolute Gasteiger partial charge is 0.219 e. The average molecular weight is 475 g/mol. The summed E-state index contributed by atoms with van der Waals surface area (Å²) < 4.78 is 6.00. The number of benzene rings is 3. The molecule has 0 unspecified atom stereocenters. The van der Waals surface area contributed by atoms with Crippen LogP contribution in [0.3, 0.4) is 0 Å². The van der Waals surface area contributed by atoms with Crippen molar-refractivity contribution in [2.75, 3.05) is 18.4 Å². The summed E-state index contributed by atoms with van der Waals surface area (Å²) in [6.45, 7) is 4.95. The first-order chi connectivity index (χ1) is 17.5. The van der Waals surface area contributed by atoms with Gasteiger partial charge in [0.25, 0.3) is 0 Å². The number of anilines is 2. The molecule has 0 bridgehead atoms. The molecule has 1 aliphatic rings. The highest BCUT2D eigenvalue weighted by molar-refractivity contribution is 5.91. The van der Waals surface area contributed by atoms with E-state index in [1.165, 1.54) is 0 Å². The first kappa shape index (κ1) is 23.1. The SMILES string of the molecule is CC(=O)N1CC=C(C#Cc2ccc3ncnc(Nc4ccc(Oc5ccccc5)c(C)c4)c3c2)CC1. The fourth-order valence-electron chi connectivity index (χ4n) is 4.05. The normalized spacial score (nSPS) is 12.9. The number of ether oxygens (including phenoxy) is 1. The van der Waals surface area contributed by atoms with E-state index in [9.17, 15) is 4.79 Å². The average Bonchev–Trinajstić information content (AvgIpc) is 2.90. The van der Waals surface area contributed by atoms with Gasteiger partial charge in [-0.1, -0.05) is 36.1 Å². The molecule has 0 radical (unpaired) electrons. The van der Waals surface area contributed by atoms with Crippen molar-refractivity contribution in [1.29, 1.82) is 0 Å². The highest BCUT2D eigenvalue weighted by Gasteiger charge is 2.12. The van der Waals surface area contributed by atoms with Gasteiger partial charge in [0.15, 0.2) is 0 Å². The van der Waals surface area contributed by atoms with Gasteiger partial charge in [-0.25, -0.2) is 9.97 Å². The van der Waals surface area contributed by atoms with E-state index < -0.39 is 0 Å². The molecular weight excluding hydrogens is 448 g/mol. The summed E-state index contributed by atoms with van der Waals surface area (Å²) in [5.41, 5.74) is 4.71. The lowest BCUT2D eigenvalue weighted by molar-refractivity contribution is -0.128. The Labute approximate surface area is 210 Å². The number of rotatable bonds is 4. The number of hydrogen-bond acceptors (Lipinski definition) is 5. The van der Waals surface area contributed by atoms with Crippen LogP contribution in [-0.2, 0) is 4.79 Å². The maximum absolute atomic E-state index is 11.5. The Balaban J connectivity index is 1.36. The number of aromatic nitrogens is 2. The quantitative estimate of drug-likeness (QED) is 0.367. The monoisotopic (exact) mass is 474 g/mol. The molecule has 5 rings (SSSR count). The number of hydrogen-bond donors (Lipinski definition) is 1. The summed E-state index contributed by atoms with van der Waals surface area (Å²) in [5, 5.41) is 4.32. The minimum absolute atomic E-state index is 0.0985. The Bertz CT molecular complexity index is 1520. The lowest BCUT2D eigenvalue weighted by Crippen LogP contribution is -2.32. The Morgan fingerprint density at radius 1 is 1.03 bits per heavy atom. The van der Waals surface area contributed by atoms with Crippen LogP contribution in [0.4, 0.5) is 11.5 Å². The summed E-state index contributed by atoms with van der Waals surface area (Å²) in [5.74, 6) is 8.95. The van der Waals surface area contributed by atoms with E-state index >= 15 is 0 Å². The molecule has 0 saturated carbocycles. The summed E-state index contributed by atoms with van der Waals surface area (Å²) in [4.78, 5) is 22.2. The van der Waals surface area contributed by atoms with Gasteiger partial charge in [0.05, 0.1) is 5.52 Å². The predicted octanol–water partition coefficient (Wildman–Crippen LogP) is 6.00. The molecule has 1 N–H and O–H groups in total. The first-order valence-electron chi connectivity index (χ1n) is 11.9. The molecule has 2 heterocycles. The minimum Gasteiger partial charge on any atom is -0.457 e. The van der Waals surface area contributed by atoms with Crippen molar-refractivity contribution in [1.82, 2.24) is 14.9 Å². The standard InChI is InChI=1S/C30H26N4O2/c1-21-18-25(11-13-29(21)36-26-6-4-3-5-7-26)33-30-27-19-24(10-12-28(27)31-20-32-30)9-8-23-14-16-34(17-15-23)22(2)35/h3-7,10-14,18-20H,15-17H2,1-2H3,(H,31,32,33). The van der Waals surface area contributed by atoms with Crippen molar-refractivity contribution in [3.05, 3.63) is 95.8 Å². The van der Waals surface area contributed by atoms with Gasteiger partial charge in [-0.15, -0.1) is 0 Å². The number of fused-ring (bicyclic) bond motifs is 1. The van der Waals surface area contributed by atoms with Crippen LogP contribution in [-0.4, -0.2) is 33.9 Å². The van der Waals surface area contributed by atoms with Gasteiger partial charge in [-0.2, -0.15) is 0 Å². The first-order valence-corrected chi connectivity index (χ1v) is 11.9. The fraction of sp³-hybridized carbons (Fsp3) is 0.167. The van der Waals surface area contributed by atoms with E-state index in [-0.39, 0.29) is 5.91 Å². The number of carbonyl (C=O) groups excluding carboxylic acids is 1. The van der Waals surface area contributed by atoms with Gasteiger partial charge in [0.2, 0.25) is 5.91 Å². The highest BCUT2D eigenvalue weighted by atomic mass is 16.5. The third kappa shape index (κ3) is 5.37. The third-order valence-electron chi connectivity index (χ3n) is 6.07. The molecule has 0 saturated heterocycles. The van der Waals surface area contributed by atoms with Gasteiger partial charge in [0, 0.05) is 42.2 Å². The second-order valence-corrected chi connectivity index (χ2v) is 8.67. The van der Waals surface area contributed by atoms with Crippen molar-refractivity contribution >= 4 is 28.3 Å². The maximum Gasteiger partial charge on any atom is 0.219 e. The zero-order chi connectivity index (χ0) is 24.9. The molecule has 0 fully saturated rings. The minimum atomic E-state index is 0.0985. The fourth-order valence-corrected chi connectivity index (χ4v) is 4.05. The summed E-state index contributed by atoms with van der Waals surface area (Å²) in [7, 11) is 0. The molecule has 1 amide bonds. The lowest BCUT2D eigenvalue weighted by atomic mass is 10.1. The van der Waals surface area contributed by atoms with E-state index in [0.29, 0.717) is 18.9 Å². The Hall–Kier alpha value is -4.63. The van der Waals surface area contributed by atoms with Gasteiger partial charge >= 0.3 is 0 Å². The van der Waals surface area contributed by atoms with E-state index in [2.05, 4.69) is 27.1 Å². The van der Waals surface area contributed by atoms with Crippen molar-refractivity contribution in [2.24, 2.45) is 0 Å². The maximum atomic E-state index is 11.5. The second-order valence-electron chi connectivity index (χ2n) is 8.67. The van der Waals surface area contributed by atoms with Gasteiger partial charge in [-0.05, 0) is 67.4 Å². The van der Waals surface area contributed by atoms with Gasteiger partial charge < -0.3 is 15.0 Å². The van der Waals surface area contributed by atoms with E-state index in [4.69, 9.17) is 4.74 Å². The molecule has 178 valence electrons. The summed E-state index contributed by atoms with van der Waals surface area (Å²) in [6, 6.07) is 21.6. The highest BCUT2D eigenvalue weighted by Crippen LogP contribution is 2.30. The Morgan fingerprint density at radius 3 is 2.64 bits per heavy atom. The second kappa shape index (κ2) is 10.3. The number of amides is 1. The van der Waals surface area contributed by atoms with Crippen LogP contribution in [0.2, 0.25) is 0 Å². The van der Waals surface area contributed by atoms with Crippen molar-refractivity contribution in [3.63, 3.8) is 0 Å². The Morgan fingerprint density at radius 2 is 1.89 bits per heavy atom. The number of nitrogens with zero attached hydrogens (tertiary/aromatic N) is 3. The van der Waals surface area contributed by atoms with Crippen LogP contribution in [0.5, 0.6) is 11.5 Å². The largest absolute Gasteiger partial charge is 0.457 e. The predicted molar refractivity (Wildman–Crippen MR) is 142 cm³/mol. The number of para-hydroxylation sites is 1. The molecule has 36 heavy (non-hydrogen) atoms. The molecular formula is C30H26N4O2. The van der Waals surface area contributed by atoms with Gasteiger partial charge in [-0.3, -0.25) is 4.79 Å². The molecule has 1 aromatic heterocycles. The number of nitrogens with one attached hydrogen (secondary N) is 1. The summed E-state index contributed by atoms with van der Waals surface area (Å²) >= 11 is 0. The third-order valence-corrected chi connectivity index (χ3v) is 6.07. The zero-order valence-corrected chi connectivity index (χ0v) is 20.3. The van der Waals surface area contributed by atoms with Gasteiger partial charge in [0.1, 0.15) is 23.6 Å². The zero-order valence-electron chi connectivity index (χ0n) is 20.3. The van der Waals surface area contributed by atoms with Crippen LogP contribution in [0.15, 0.2) is 84.7 Å². The van der Waals surface area contributed by atoms with Crippen LogP contribution in [0.1, 0.15) is 24.5 Å². The summed E-state index contributed by atoms with van der Waals surface area (Å²) in [6.07, 6.45) is 4.37. The molecule has 4 aromatic rings. The number of aryl methyl sites for hydroxylation is 1. The molecule has 0 spiro atoms. The molecule has 6 heteroatoms. The van der Waals surface area contributed by atoms with Crippen LogP contribution in [0, 0.1) is 18.8 Å². The van der Waals surface area contributed by atoms with Crippen LogP contribution < -0.4 is 10.1 Å². The van der Waals surface area contributed by atoms with Crippen molar-refractivity contribution < 1.29 is 9.53 Å². The van der Waals surface area contributed by atoms with Crippen molar-refractivity contribution in [2.45, 2.75) is 20.3 Å². The van der Waals surface area contributed by atoms with Crippen LogP contribution in [0.25, 0.3) is 10.9 Å². The van der Waals surface area contributed by atoms with Crippen LogP contribution >= 0.6 is 0 Å². The van der Waals surface area contributed by atoms with Crippen molar-refractivity contribution in [3.8, 4) is 23.3 Å². The topological polar surface area (TPSA) is 67.4 Å². The molecule has 1 aliphatic heterocycles.